The molecule has 0 aliphatic carbocycles. The normalized spacial score (nSPS) is 10.0. The van der Waals surface area contributed by atoms with Crippen LogP contribution < -0.4 is 15.4 Å². The van der Waals surface area contributed by atoms with Crippen LogP contribution in [-0.4, -0.2) is 17.6 Å². The lowest BCUT2D eigenvalue weighted by Gasteiger charge is -2.11. The predicted molar refractivity (Wildman–Crippen MR) is 98.1 cm³/mol. The van der Waals surface area contributed by atoms with E-state index in [0.717, 1.165) is 8.95 Å². The zero-order chi connectivity index (χ0) is 16.8. The van der Waals surface area contributed by atoms with E-state index in [4.69, 9.17) is 17.0 Å². The third-order valence-corrected chi connectivity index (χ3v) is 3.92. The van der Waals surface area contributed by atoms with Gasteiger partial charge in [0, 0.05) is 10.2 Å². The van der Waals surface area contributed by atoms with E-state index in [9.17, 15) is 9.18 Å². The van der Waals surface area contributed by atoms with Gasteiger partial charge < -0.3 is 10.1 Å². The van der Waals surface area contributed by atoms with Gasteiger partial charge in [0.2, 0.25) is 0 Å². The molecule has 0 atom stereocenters. The van der Waals surface area contributed by atoms with Crippen LogP contribution in [0.4, 0.5) is 10.1 Å². The average molecular weight is 462 g/mol. The maximum absolute atomic E-state index is 12.8. The number of hydrogen-bond acceptors (Lipinski definition) is 3. The van der Waals surface area contributed by atoms with Crippen LogP contribution in [0.5, 0.6) is 5.75 Å². The molecule has 0 unspecified atom stereocenters. The van der Waals surface area contributed by atoms with Gasteiger partial charge in [-0.1, -0.05) is 15.9 Å². The van der Waals surface area contributed by atoms with Crippen LogP contribution in [0, 0.1) is 5.82 Å². The summed E-state index contributed by atoms with van der Waals surface area (Å²) in [4.78, 5) is 11.8. The molecule has 0 saturated carbocycles. The Hall–Kier alpha value is -1.51. The molecule has 0 aromatic heterocycles. The van der Waals surface area contributed by atoms with Crippen molar-refractivity contribution in [3.8, 4) is 5.75 Å². The first kappa shape index (κ1) is 17.8. The molecule has 120 valence electrons. The van der Waals surface area contributed by atoms with Gasteiger partial charge in [-0.05, 0) is 70.6 Å². The predicted octanol–water partition coefficient (Wildman–Crippen LogP) is 4.24. The number of anilines is 1. The van der Waals surface area contributed by atoms with Gasteiger partial charge in [0.05, 0.1) is 4.47 Å². The molecular weight excluding hydrogens is 451 g/mol. The van der Waals surface area contributed by atoms with E-state index in [2.05, 4.69) is 42.5 Å². The molecule has 0 heterocycles. The van der Waals surface area contributed by atoms with Crippen LogP contribution in [-0.2, 0) is 4.79 Å². The van der Waals surface area contributed by atoms with E-state index in [1.807, 2.05) is 6.07 Å². The molecule has 0 radical (unpaired) electrons. The van der Waals surface area contributed by atoms with E-state index >= 15 is 0 Å². The van der Waals surface area contributed by atoms with E-state index in [0.29, 0.717) is 11.4 Å². The van der Waals surface area contributed by atoms with Crippen molar-refractivity contribution in [2.24, 2.45) is 0 Å². The van der Waals surface area contributed by atoms with Gasteiger partial charge in [-0.2, -0.15) is 0 Å². The quantitative estimate of drug-likeness (QED) is 0.668. The van der Waals surface area contributed by atoms with Crippen LogP contribution in [0.15, 0.2) is 51.4 Å². The fraction of sp³-hybridized carbons (Fsp3) is 0.0667. The number of ether oxygens (including phenoxy) is 1. The van der Waals surface area contributed by atoms with Crippen molar-refractivity contribution >= 4 is 60.8 Å². The minimum Gasteiger partial charge on any atom is -0.483 e. The second-order valence-corrected chi connectivity index (χ2v) is 6.55. The first-order chi connectivity index (χ1) is 10.9. The number of halogens is 3. The SMILES string of the molecule is O=C(COc1ccc(Br)cc1Br)NC(=S)Nc1ccc(F)cc1. The fourth-order valence-electron chi connectivity index (χ4n) is 1.59. The highest BCUT2D eigenvalue weighted by Crippen LogP contribution is 2.28. The summed E-state index contributed by atoms with van der Waals surface area (Å²) in [5, 5.41) is 5.37. The second-order valence-electron chi connectivity index (χ2n) is 4.37. The van der Waals surface area contributed by atoms with Gasteiger partial charge in [0.15, 0.2) is 11.7 Å². The van der Waals surface area contributed by atoms with Gasteiger partial charge >= 0.3 is 0 Å². The van der Waals surface area contributed by atoms with Crippen molar-refractivity contribution in [1.82, 2.24) is 5.32 Å². The lowest BCUT2D eigenvalue weighted by Crippen LogP contribution is -2.37. The number of amides is 1. The van der Waals surface area contributed by atoms with Crippen LogP contribution in [0.2, 0.25) is 0 Å². The molecule has 0 aliphatic rings. The third kappa shape index (κ3) is 5.89. The number of carbonyl (C=O) groups is 1. The van der Waals surface area contributed by atoms with E-state index in [1.165, 1.54) is 24.3 Å². The van der Waals surface area contributed by atoms with Crippen molar-refractivity contribution in [2.45, 2.75) is 0 Å². The van der Waals surface area contributed by atoms with Crippen molar-refractivity contribution in [3.63, 3.8) is 0 Å². The molecule has 0 spiro atoms. The largest absolute Gasteiger partial charge is 0.483 e. The summed E-state index contributed by atoms with van der Waals surface area (Å²) in [5.74, 6) is -0.209. The zero-order valence-corrected chi connectivity index (χ0v) is 15.6. The first-order valence-corrected chi connectivity index (χ1v) is 8.38. The molecule has 4 nitrogen and oxygen atoms in total. The number of hydrogen-bond donors (Lipinski definition) is 2. The molecule has 0 bridgehead atoms. The Morgan fingerprint density at radius 2 is 1.87 bits per heavy atom. The molecule has 2 aromatic carbocycles. The zero-order valence-electron chi connectivity index (χ0n) is 11.6. The highest BCUT2D eigenvalue weighted by molar-refractivity contribution is 9.11. The molecule has 8 heteroatoms. The molecule has 0 fully saturated rings. The van der Waals surface area contributed by atoms with E-state index in [-0.39, 0.29) is 17.5 Å². The van der Waals surface area contributed by atoms with Crippen molar-refractivity contribution in [2.75, 3.05) is 11.9 Å². The monoisotopic (exact) mass is 460 g/mol. The van der Waals surface area contributed by atoms with Gasteiger partial charge in [-0.15, -0.1) is 0 Å². The van der Waals surface area contributed by atoms with Crippen LogP contribution in [0.25, 0.3) is 0 Å². The minimum absolute atomic E-state index is 0.111. The summed E-state index contributed by atoms with van der Waals surface area (Å²) >= 11 is 11.7. The second kappa shape index (κ2) is 8.37. The lowest BCUT2D eigenvalue weighted by molar-refractivity contribution is -0.121. The Balaban J connectivity index is 1.82. The maximum Gasteiger partial charge on any atom is 0.264 e. The number of nitrogens with one attached hydrogen (secondary N) is 2. The maximum atomic E-state index is 12.8. The van der Waals surface area contributed by atoms with E-state index in [1.54, 1.807) is 12.1 Å². The van der Waals surface area contributed by atoms with Gasteiger partial charge in [-0.3, -0.25) is 10.1 Å². The van der Waals surface area contributed by atoms with Crippen LogP contribution in [0.3, 0.4) is 0 Å². The molecule has 2 rings (SSSR count). The standard InChI is InChI=1S/C15H11Br2FN2O2S/c16-9-1-6-13(12(17)7-9)22-8-14(21)20-15(23)19-11-4-2-10(18)3-5-11/h1-7H,8H2,(H2,19,20,21,23). The minimum atomic E-state index is -0.403. The summed E-state index contributed by atoms with van der Waals surface area (Å²) in [6.07, 6.45) is 0. The topological polar surface area (TPSA) is 50.4 Å². The molecule has 0 saturated heterocycles. The average Bonchev–Trinajstić information content (AvgIpc) is 2.48. The summed E-state index contributed by atoms with van der Waals surface area (Å²) in [5.41, 5.74) is 0.577. The van der Waals surface area contributed by atoms with Crippen LogP contribution >= 0.6 is 44.1 Å². The molecule has 2 aromatic rings. The Bertz CT molecular complexity index is 726. The number of thiocarbonyl (C=S) groups is 1. The van der Waals surface area contributed by atoms with Gasteiger partial charge in [0.25, 0.3) is 5.91 Å². The smallest absolute Gasteiger partial charge is 0.264 e. The van der Waals surface area contributed by atoms with Gasteiger partial charge in [-0.25, -0.2) is 4.39 Å². The fourth-order valence-corrected chi connectivity index (χ4v) is 2.99. The van der Waals surface area contributed by atoms with Crippen molar-refractivity contribution in [3.05, 3.63) is 57.2 Å². The summed E-state index contributed by atoms with van der Waals surface area (Å²) in [6, 6.07) is 11.0. The van der Waals surface area contributed by atoms with Crippen LogP contribution in [0.1, 0.15) is 0 Å². The summed E-state index contributed by atoms with van der Waals surface area (Å²) in [6.45, 7) is -0.189. The number of rotatable bonds is 4. The Labute approximate surface area is 154 Å². The molecule has 1 amide bonds. The Morgan fingerprint density at radius 1 is 1.17 bits per heavy atom. The Morgan fingerprint density at radius 3 is 2.52 bits per heavy atom. The summed E-state index contributed by atoms with van der Waals surface area (Å²) in [7, 11) is 0. The first-order valence-electron chi connectivity index (χ1n) is 6.38. The van der Waals surface area contributed by atoms with Crippen molar-refractivity contribution < 1.29 is 13.9 Å². The van der Waals surface area contributed by atoms with Gasteiger partial charge in [0.1, 0.15) is 11.6 Å². The molecule has 2 N–H and O–H groups in total. The molecule has 0 aliphatic heterocycles. The van der Waals surface area contributed by atoms with Crippen molar-refractivity contribution in [1.29, 1.82) is 0 Å². The highest BCUT2D eigenvalue weighted by Gasteiger charge is 2.08. The third-order valence-electron chi connectivity index (χ3n) is 2.61. The highest BCUT2D eigenvalue weighted by atomic mass is 79.9. The van der Waals surface area contributed by atoms with E-state index < -0.39 is 5.91 Å². The number of carbonyl (C=O) groups excluding carboxylic acids is 1. The molecular formula is C15H11Br2FN2O2S. The Kier molecular flexibility index (Phi) is 6.49. The lowest BCUT2D eigenvalue weighted by atomic mass is 10.3. The molecule has 23 heavy (non-hydrogen) atoms. The summed E-state index contributed by atoms with van der Waals surface area (Å²) < 4.78 is 19.8. The number of benzene rings is 2.